The van der Waals surface area contributed by atoms with Crippen molar-refractivity contribution in [3.05, 3.63) is 53.8 Å². The smallest absolute Gasteiger partial charge is 0.224 e. The molecule has 0 heterocycles. The molecule has 0 unspecified atom stereocenters. The minimum atomic E-state index is -0.330. The SMILES string of the molecule is COc1ccc(OC)c(NC(N)=NCCNC(=O)Cc2ccc(F)cc2)c1. The number of rotatable bonds is 8. The monoisotopic (exact) mass is 374 g/mol. The van der Waals surface area contributed by atoms with Crippen LogP contribution < -0.4 is 25.8 Å². The van der Waals surface area contributed by atoms with E-state index < -0.39 is 0 Å². The number of aliphatic imine (C=N–C) groups is 1. The Morgan fingerprint density at radius 1 is 1.15 bits per heavy atom. The van der Waals surface area contributed by atoms with Gasteiger partial charge in [0.2, 0.25) is 5.91 Å². The summed E-state index contributed by atoms with van der Waals surface area (Å²) in [5, 5.41) is 5.68. The molecule has 0 aromatic heterocycles. The number of amides is 1. The molecule has 0 bridgehead atoms. The van der Waals surface area contributed by atoms with Crippen LogP contribution in [0, 0.1) is 5.82 Å². The molecular weight excluding hydrogens is 351 g/mol. The van der Waals surface area contributed by atoms with E-state index in [0.717, 1.165) is 5.56 Å². The zero-order valence-corrected chi connectivity index (χ0v) is 15.3. The van der Waals surface area contributed by atoms with E-state index in [-0.39, 0.29) is 24.1 Å². The summed E-state index contributed by atoms with van der Waals surface area (Å²) in [6, 6.07) is 11.1. The highest BCUT2D eigenvalue weighted by atomic mass is 19.1. The Hall–Kier alpha value is -3.29. The summed E-state index contributed by atoms with van der Waals surface area (Å²) in [5.41, 5.74) is 7.23. The number of guanidine groups is 1. The average molecular weight is 374 g/mol. The lowest BCUT2D eigenvalue weighted by molar-refractivity contribution is -0.120. The highest BCUT2D eigenvalue weighted by molar-refractivity contribution is 5.94. The van der Waals surface area contributed by atoms with Gasteiger partial charge < -0.3 is 25.8 Å². The summed E-state index contributed by atoms with van der Waals surface area (Å²) < 4.78 is 23.3. The first kappa shape index (κ1) is 20.0. The zero-order valence-electron chi connectivity index (χ0n) is 15.3. The van der Waals surface area contributed by atoms with Crippen LogP contribution in [0.15, 0.2) is 47.5 Å². The number of ether oxygens (including phenoxy) is 2. The fourth-order valence-corrected chi connectivity index (χ4v) is 2.31. The number of nitrogens with one attached hydrogen (secondary N) is 2. The highest BCUT2D eigenvalue weighted by Crippen LogP contribution is 2.28. The van der Waals surface area contributed by atoms with Gasteiger partial charge in [0.15, 0.2) is 5.96 Å². The largest absolute Gasteiger partial charge is 0.497 e. The van der Waals surface area contributed by atoms with Crippen LogP contribution in [-0.2, 0) is 11.2 Å². The number of halogens is 1. The van der Waals surface area contributed by atoms with E-state index in [4.69, 9.17) is 15.2 Å². The molecule has 7 nitrogen and oxygen atoms in total. The number of carbonyl (C=O) groups is 1. The van der Waals surface area contributed by atoms with E-state index in [1.807, 2.05) is 0 Å². The van der Waals surface area contributed by atoms with E-state index in [0.29, 0.717) is 30.3 Å². The number of nitrogens with zero attached hydrogens (tertiary/aromatic N) is 1. The Morgan fingerprint density at radius 3 is 2.56 bits per heavy atom. The fraction of sp³-hybridized carbons (Fsp3) is 0.263. The van der Waals surface area contributed by atoms with Crippen molar-refractivity contribution in [1.29, 1.82) is 0 Å². The second-order valence-corrected chi connectivity index (χ2v) is 5.61. The van der Waals surface area contributed by atoms with Gasteiger partial charge in [0.25, 0.3) is 0 Å². The summed E-state index contributed by atoms with van der Waals surface area (Å²) in [4.78, 5) is 16.0. The molecule has 0 saturated heterocycles. The molecule has 1 amide bonds. The van der Waals surface area contributed by atoms with Crippen LogP contribution in [0.4, 0.5) is 10.1 Å². The molecule has 0 fully saturated rings. The maximum absolute atomic E-state index is 12.8. The van der Waals surface area contributed by atoms with Crippen LogP contribution in [0.1, 0.15) is 5.56 Å². The standard InChI is InChI=1S/C19H23FN4O3/c1-26-15-7-8-17(27-2)16(12-15)24-19(21)23-10-9-22-18(25)11-13-3-5-14(20)6-4-13/h3-8,12H,9-11H2,1-2H3,(H,22,25)(H3,21,23,24). The molecule has 8 heteroatoms. The fourth-order valence-electron chi connectivity index (χ4n) is 2.31. The lowest BCUT2D eigenvalue weighted by atomic mass is 10.1. The first-order chi connectivity index (χ1) is 13.0. The summed E-state index contributed by atoms with van der Waals surface area (Å²) in [6.07, 6.45) is 0.179. The molecule has 27 heavy (non-hydrogen) atoms. The highest BCUT2D eigenvalue weighted by Gasteiger charge is 2.06. The van der Waals surface area contributed by atoms with Gasteiger partial charge in [0.1, 0.15) is 17.3 Å². The van der Waals surface area contributed by atoms with E-state index in [9.17, 15) is 9.18 Å². The van der Waals surface area contributed by atoms with Crippen molar-refractivity contribution in [2.45, 2.75) is 6.42 Å². The molecule has 0 spiro atoms. The Bertz CT molecular complexity index is 794. The van der Waals surface area contributed by atoms with Crippen LogP contribution in [0.3, 0.4) is 0 Å². The average Bonchev–Trinajstić information content (AvgIpc) is 2.67. The van der Waals surface area contributed by atoms with Crippen LogP contribution in [-0.4, -0.2) is 39.2 Å². The van der Waals surface area contributed by atoms with Gasteiger partial charge in [-0.25, -0.2) is 4.39 Å². The third-order valence-corrected chi connectivity index (χ3v) is 3.66. The molecule has 0 aliphatic heterocycles. The van der Waals surface area contributed by atoms with Crippen molar-refractivity contribution in [2.24, 2.45) is 10.7 Å². The molecule has 2 aromatic carbocycles. The third kappa shape index (κ3) is 6.50. The molecule has 0 atom stereocenters. The minimum Gasteiger partial charge on any atom is -0.497 e. The lowest BCUT2D eigenvalue weighted by Gasteiger charge is -2.12. The quantitative estimate of drug-likeness (QED) is 0.373. The molecule has 0 aliphatic rings. The second kappa shape index (κ2) is 10.0. The van der Waals surface area contributed by atoms with Gasteiger partial charge in [-0.15, -0.1) is 0 Å². The Kier molecular flexibility index (Phi) is 7.42. The number of anilines is 1. The van der Waals surface area contributed by atoms with Gasteiger partial charge in [0.05, 0.1) is 32.9 Å². The van der Waals surface area contributed by atoms with E-state index in [2.05, 4.69) is 15.6 Å². The van der Waals surface area contributed by atoms with Crippen molar-refractivity contribution in [2.75, 3.05) is 32.6 Å². The van der Waals surface area contributed by atoms with Crippen LogP contribution in [0.5, 0.6) is 11.5 Å². The zero-order chi connectivity index (χ0) is 19.6. The predicted molar refractivity (Wildman–Crippen MR) is 103 cm³/mol. The summed E-state index contributed by atoms with van der Waals surface area (Å²) in [5.74, 6) is 0.942. The third-order valence-electron chi connectivity index (χ3n) is 3.66. The van der Waals surface area contributed by atoms with Crippen molar-refractivity contribution in [1.82, 2.24) is 5.32 Å². The van der Waals surface area contributed by atoms with Gasteiger partial charge >= 0.3 is 0 Å². The number of hydrogen-bond acceptors (Lipinski definition) is 4. The molecule has 0 radical (unpaired) electrons. The Morgan fingerprint density at radius 2 is 1.89 bits per heavy atom. The molecule has 2 rings (SSSR count). The maximum atomic E-state index is 12.8. The maximum Gasteiger partial charge on any atom is 0.224 e. The van der Waals surface area contributed by atoms with E-state index in [1.165, 1.54) is 12.1 Å². The Balaban J connectivity index is 1.80. The molecule has 2 aromatic rings. The molecule has 4 N–H and O–H groups in total. The summed E-state index contributed by atoms with van der Waals surface area (Å²) in [6.45, 7) is 0.637. The van der Waals surface area contributed by atoms with E-state index >= 15 is 0 Å². The topological polar surface area (TPSA) is 98.0 Å². The molecular formula is C19H23FN4O3. The Labute approximate surface area is 157 Å². The van der Waals surface area contributed by atoms with Gasteiger partial charge in [-0.1, -0.05) is 12.1 Å². The van der Waals surface area contributed by atoms with Crippen molar-refractivity contribution in [3.63, 3.8) is 0 Å². The number of nitrogens with two attached hydrogens (primary N) is 1. The summed E-state index contributed by atoms with van der Waals surface area (Å²) in [7, 11) is 3.12. The number of hydrogen-bond donors (Lipinski definition) is 3. The lowest BCUT2D eigenvalue weighted by Crippen LogP contribution is -2.29. The molecule has 0 aliphatic carbocycles. The minimum absolute atomic E-state index is 0.169. The normalized spacial score (nSPS) is 11.0. The van der Waals surface area contributed by atoms with Crippen LogP contribution in [0.2, 0.25) is 0 Å². The predicted octanol–water partition coefficient (Wildman–Crippen LogP) is 1.93. The van der Waals surface area contributed by atoms with Crippen molar-refractivity contribution < 1.29 is 18.7 Å². The first-order valence-corrected chi connectivity index (χ1v) is 8.32. The molecule has 144 valence electrons. The van der Waals surface area contributed by atoms with E-state index in [1.54, 1.807) is 44.6 Å². The number of carbonyl (C=O) groups excluding carboxylic acids is 1. The second-order valence-electron chi connectivity index (χ2n) is 5.61. The van der Waals surface area contributed by atoms with Crippen LogP contribution in [0.25, 0.3) is 0 Å². The molecule has 0 saturated carbocycles. The van der Waals surface area contributed by atoms with Gasteiger partial charge in [-0.3, -0.25) is 9.79 Å². The van der Waals surface area contributed by atoms with Crippen molar-refractivity contribution in [3.8, 4) is 11.5 Å². The van der Waals surface area contributed by atoms with Crippen molar-refractivity contribution >= 4 is 17.6 Å². The van der Waals surface area contributed by atoms with Gasteiger partial charge in [-0.05, 0) is 29.8 Å². The number of benzene rings is 2. The number of methoxy groups -OCH3 is 2. The van der Waals surface area contributed by atoms with Gasteiger partial charge in [0, 0.05) is 12.6 Å². The first-order valence-electron chi connectivity index (χ1n) is 8.32. The summed E-state index contributed by atoms with van der Waals surface area (Å²) >= 11 is 0. The van der Waals surface area contributed by atoms with Gasteiger partial charge in [-0.2, -0.15) is 0 Å². The van der Waals surface area contributed by atoms with Crippen LogP contribution >= 0.6 is 0 Å².